The van der Waals surface area contributed by atoms with Crippen LogP contribution in [0.3, 0.4) is 0 Å². The molecule has 1 aromatic rings. The van der Waals surface area contributed by atoms with E-state index in [1.54, 1.807) is 25.1 Å². The van der Waals surface area contributed by atoms with E-state index in [4.69, 9.17) is 17.3 Å². The molecule has 0 spiro atoms. The quantitative estimate of drug-likeness (QED) is 0.764. The van der Waals surface area contributed by atoms with Crippen molar-refractivity contribution >= 4 is 34.8 Å². The minimum atomic E-state index is -0.174. The molecule has 98 valence electrons. The second kappa shape index (κ2) is 6.98. The van der Waals surface area contributed by atoms with E-state index < -0.39 is 0 Å². The second-order valence-corrected chi connectivity index (χ2v) is 4.09. The number of anilines is 2. The van der Waals surface area contributed by atoms with Crippen molar-refractivity contribution in [3.05, 3.63) is 23.2 Å². The normalized spacial score (nSPS) is 9.94. The monoisotopic (exact) mass is 269 g/mol. The predicted octanol–water partition coefficient (Wildman–Crippen LogP) is 1.98. The molecule has 0 aliphatic rings. The summed E-state index contributed by atoms with van der Waals surface area (Å²) in [5.41, 5.74) is 6.34. The average molecular weight is 270 g/mol. The summed E-state index contributed by atoms with van der Waals surface area (Å²) in [4.78, 5) is 22.7. The molecule has 5 nitrogen and oxygen atoms in total. The molecule has 1 aromatic carbocycles. The van der Waals surface area contributed by atoms with Crippen LogP contribution in [0.25, 0.3) is 0 Å². The maximum Gasteiger partial charge on any atom is 0.225 e. The molecule has 0 aliphatic carbocycles. The van der Waals surface area contributed by atoms with Gasteiger partial charge in [0.15, 0.2) is 0 Å². The zero-order valence-corrected chi connectivity index (χ0v) is 10.9. The van der Waals surface area contributed by atoms with Crippen LogP contribution in [-0.2, 0) is 9.59 Å². The fraction of sp³-hybridized carbons (Fsp3) is 0.333. The Hall–Kier alpha value is -1.59. The zero-order chi connectivity index (χ0) is 13.5. The highest BCUT2D eigenvalue weighted by atomic mass is 35.5. The summed E-state index contributed by atoms with van der Waals surface area (Å²) >= 11 is 5.95. The third kappa shape index (κ3) is 4.35. The van der Waals surface area contributed by atoms with Gasteiger partial charge in [-0.3, -0.25) is 9.59 Å². The number of halogens is 1. The molecular formula is C12H16ClN3O2. The summed E-state index contributed by atoms with van der Waals surface area (Å²) in [6.07, 6.45) is 0.610. The summed E-state index contributed by atoms with van der Waals surface area (Å²) in [6.45, 7) is 2.04. The van der Waals surface area contributed by atoms with Crippen molar-refractivity contribution in [2.75, 3.05) is 17.2 Å². The van der Waals surface area contributed by atoms with E-state index in [9.17, 15) is 9.59 Å². The van der Waals surface area contributed by atoms with Crippen molar-refractivity contribution in [1.82, 2.24) is 0 Å². The van der Waals surface area contributed by atoms with Crippen LogP contribution in [-0.4, -0.2) is 18.4 Å². The van der Waals surface area contributed by atoms with E-state index in [0.29, 0.717) is 29.4 Å². The Kier molecular flexibility index (Phi) is 5.61. The first kappa shape index (κ1) is 14.5. The maximum atomic E-state index is 11.4. The number of hydrogen-bond acceptors (Lipinski definition) is 3. The number of nitrogens with one attached hydrogen (secondary N) is 2. The van der Waals surface area contributed by atoms with Gasteiger partial charge in [0.1, 0.15) is 0 Å². The molecule has 18 heavy (non-hydrogen) atoms. The van der Waals surface area contributed by atoms with Gasteiger partial charge in [0, 0.05) is 25.1 Å². The third-order valence-corrected chi connectivity index (χ3v) is 2.55. The summed E-state index contributed by atoms with van der Waals surface area (Å²) < 4.78 is 0. The number of amides is 2. The molecule has 0 aromatic heterocycles. The standard InChI is InChI=1S/C12H16ClN3O2/c1-2-11(17)16-10-7-8(3-4-9(10)13)15-12(18)5-6-14/h3-4,7H,2,5-6,14H2,1H3,(H,15,18)(H,16,17). The molecule has 1 rings (SSSR count). The van der Waals surface area contributed by atoms with Crippen molar-refractivity contribution in [2.45, 2.75) is 19.8 Å². The molecule has 6 heteroatoms. The number of carbonyl (C=O) groups excluding carboxylic acids is 2. The molecule has 0 saturated heterocycles. The Bertz CT molecular complexity index is 449. The summed E-state index contributed by atoms with van der Waals surface area (Å²) in [5.74, 6) is -0.310. The van der Waals surface area contributed by atoms with Crippen molar-refractivity contribution in [1.29, 1.82) is 0 Å². The topological polar surface area (TPSA) is 84.2 Å². The minimum Gasteiger partial charge on any atom is -0.330 e. The van der Waals surface area contributed by atoms with E-state index in [1.165, 1.54) is 0 Å². The van der Waals surface area contributed by atoms with E-state index in [-0.39, 0.29) is 18.2 Å². The van der Waals surface area contributed by atoms with Gasteiger partial charge in [-0.1, -0.05) is 18.5 Å². The first-order chi connectivity index (χ1) is 8.56. The molecule has 2 amide bonds. The van der Waals surface area contributed by atoms with Crippen molar-refractivity contribution in [3.8, 4) is 0 Å². The second-order valence-electron chi connectivity index (χ2n) is 3.68. The lowest BCUT2D eigenvalue weighted by Crippen LogP contribution is -2.16. The average Bonchev–Trinajstić information content (AvgIpc) is 2.33. The molecule has 0 radical (unpaired) electrons. The lowest BCUT2D eigenvalue weighted by atomic mass is 10.2. The van der Waals surface area contributed by atoms with Crippen LogP contribution >= 0.6 is 11.6 Å². The lowest BCUT2D eigenvalue weighted by molar-refractivity contribution is -0.116. The number of nitrogens with two attached hydrogens (primary N) is 1. The maximum absolute atomic E-state index is 11.4. The minimum absolute atomic E-state index is 0.137. The fourth-order valence-corrected chi connectivity index (χ4v) is 1.46. The largest absolute Gasteiger partial charge is 0.330 e. The van der Waals surface area contributed by atoms with Gasteiger partial charge >= 0.3 is 0 Å². The van der Waals surface area contributed by atoms with Crippen LogP contribution in [0.4, 0.5) is 11.4 Å². The Morgan fingerprint density at radius 2 is 2.00 bits per heavy atom. The van der Waals surface area contributed by atoms with Crippen LogP contribution in [0.1, 0.15) is 19.8 Å². The highest BCUT2D eigenvalue weighted by molar-refractivity contribution is 6.33. The molecule has 0 saturated carbocycles. The Morgan fingerprint density at radius 3 is 2.61 bits per heavy atom. The van der Waals surface area contributed by atoms with Crippen LogP contribution in [0.5, 0.6) is 0 Å². The summed E-state index contributed by atoms with van der Waals surface area (Å²) in [7, 11) is 0. The highest BCUT2D eigenvalue weighted by Gasteiger charge is 2.07. The molecule has 0 bridgehead atoms. The Labute approximate surface area is 111 Å². The Balaban J connectivity index is 2.80. The number of rotatable bonds is 5. The molecule has 0 aliphatic heterocycles. The third-order valence-electron chi connectivity index (χ3n) is 2.22. The van der Waals surface area contributed by atoms with Crippen LogP contribution in [0.15, 0.2) is 18.2 Å². The molecular weight excluding hydrogens is 254 g/mol. The van der Waals surface area contributed by atoms with E-state index in [1.807, 2.05) is 0 Å². The van der Waals surface area contributed by atoms with Gasteiger partial charge in [-0.2, -0.15) is 0 Å². The first-order valence-electron chi connectivity index (χ1n) is 5.66. The first-order valence-corrected chi connectivity index (χ1v) is 6.04. The molecule has 0 fully saturated rings. The van der Waals surface area contributed by atoms with Crippen LogP contribution in [0, 0.1) is 0 Å². The van der Waals surface area contributed by atoms with Crippen LogP contribution < -0.4 is 16.4 Å². The number of hydrogen-bond donors (Lipinski definition) is 3. The van der Waals surface area contributed by atoms with E-state index in [2.05, 4.69) is 10.6 Å². The van der Waals surface area contributed by atoms with Gasteiger partial charge in [-0.15, -0.1) is 0 Å². The zero-order valence-electron chi connectivity index (χ0n) is 10.1. The van der Waals surface area contributed by atoms with E-state index >= 15 is 0 Å². The smallest absolute Gasteiger partial charge is 0.225 e. The van der Waals surface area contributed by atoms with Gasteiger partial charge in [0.2, 0.25) is 11.8 Å². The number of benzene rings is 1. The van der Waals surface area contributed by atoms with Gasteiger partial charge in [0.05, 0.1) is 10.7 Å². The molecule has 4 N–H and O–H groups in total. The van der Waals surface area contributed by atoms with Gasteiger partial charge in [-0.05, 0) is 18.2 Å². The molecule has 0 unspecified atom stereocenters. The Morgan fingerprint density at radius 1 is 1.28 bits per heavy atom. The van der Waals surface area contributed by atoms with Crippen LogP contribution in [0.2, 0.25) is 5.02 Å². The highest BCUT2D eigenvalue weighted by Crippen LogP contribution is 2.25. The van der Waals surface area contributed by atoms with E-state index in [0.717, 1.165) is 0 Å². The lowest BCUT2D eigenvalue weighted by Gasteiger charge is -2.09. The van der Waals surface area contributed by atoms with Crippen molar-refractivity contribution in [2.24, 2.45) is 5.73 Å². The predicted molar refractivity (Wildman–Crippen MR) is 72.7 cm³/mol. The summed E-state index contributed by atoms with van der Waals surface area (Å²) in [5, 5.41) is 5.76. The molecule has 0 heterocycles. The van der Waals surface area contributed by atoms with Gasteiger partial charge in [-0.25, -0.2) is 0 Å². The summed E-state index contributed by atoms with van der Waals surface area (Å²) in [6, 6.07) is 4.90. The van der Waals surface area contributed by atoms with Gasteiger partial charge < -0.3 is 16.4 Å². The van der Waals surface area contributed by atoms with Gasteiger partial charge in [0.25, 0.3) is 0 Å². The SMILES string of the molecule is CCC(=O)Nc1cc(NC(=O)CCN)ccc1Cl. The molecule has 0 atom stereocenters. The number of carbonyl (C=O) groups is 2. The fourth-order valence-electron chi connectivity index (χ4n) is 1.29. The van der Waals surface area contributed by atoms with Crippen molar-refractivity contribution in [3.63, 3.8) is 0 Å². The van der Waals surface area contributed by atoms with Crippen molar-refractivity contribution < 1.29 is 9.59 Å².